The number of hydrogen-bond acceptors (Lipinski definition) is 4. The zero-order valence-electron chi connectivity index (χ0n) is 12.9. The van der Waals surface area contributed by atoms with E-state index in [4.69, 9.17) is 4.74 Å². The minimum absolute atomic E-state index is 0.0822. The molecule has 1 aromatic heterocycles. The van der Waals surface area contributed by atoms with Crippen molar-refractivity contribution in [2.24, 2.45) is 11.3 Å². The van der Waals surface area contributed by atoms with Crippen molar-refractivity contribution in [3.05, 3.63) is 17.5 Å². The molecule has 2 aliphatic heterocycles. The molecule has 1 aromatic rings. The van der Waals surface area contributed by atoms with Crippen molar-refractivity contribution < 1.29 is 19.4 Å². The van der Waals surface area contributed by atoms with E-state index in [-0.39, 0.29) is 24.9 Å². The maximum Gasteiger partial charge on any atom is 0.311 e. The molecule has 0 unspecified atom stereocenters. The summed E-state index contributed by atoms with van der Waals surface area (Å²) in [5, 5.41) is 13.9. The number of carboxylic acid groups (broad SMARTS) is 1. The van der Waals surface area contributed by atoms with Crippen LogP contribution in [0.15, 0.2) is 6.07 Å². The van der Waals surface area contributed by atoms with Gasteiger partial charge in [-0.15, -0.1) is 0 Å². The fourth-order valence-electron chi connectivity index (χ4n) is 3.55. The molecule has 1 N–H and O–H groups in total. The number of carboxylic acids is 1. The maximum atomic E-state index is 12.5. The summed E-state index contributed by atoms with van der Waals surface area (Å²) in [4.78, 5) is 25.9. The van der Waals surface area contributed by atoms with Gasteiger partial charge in [0.15, 0.2) is 0 Å². The first-order valence-corrected chi connectivity index (χ1v) is 7.52. The lowest BCUT2D eigenvalue weighted by Gasteiger charge is -2.33. The topological polar surface area (TPSA) is 84.7 Å². The largest absolute Gasteiger partial charge is 0.481 e. The van der Waals surface area contributed by atoms with Crippen LogP contribution in [0.4, 0.5) is 0 Å². The van der Waals surface area contributed by atoms with Crippen LogP contribution in [0, 0.1) is 25.2 Å². The van der Waals surface area contributed by atoms with E-state index >= 15 is 0 Å². The van der Waals surface area contributed by atoms with Crippen molar-refractivity contribution in [1.82, 2.24) is 14.7 Å². The van der Waals surface area contributed by atoms with Crippen molar-refractivity contribution in [2.75, 3.05) is 26.3 Å². The van der Waals surface area contributed by atoms with Gasteiger partial charge in [0, 0.05) is 31.3 Å². The van der Waals surface area contributed by atoms with Crippen LogP contribution in [0.2, 0.25) is 0 Å². The van der Waals surface area contributed by atoms with Gasteiger partial charge in [-0.05, 0) is 26.3 Å². The highest BCUT2D eigenvalue weighted by atomic mass is 16.5. The molecule has 2 saturated heterocycles. The van der Waals surface area contributed by atoms with Gasteiger partial charge in [0.25, 0.3) is 0 Å². The molecular weight excluding hydrogens is 286 g/mol. The third-order valence-electron chi connectivity index (χ3n) is 4.87. The van der Waals surface area contributed by atoms with E-state index in [2.05, 4.69) is 5.10 Å². The Morgan fingerprint density at radius 1 is 1.50 bits per heavy atom. The molecular formula is C15H21N3O4. The van der Waals surface area contributed by atoms with Gasteiger partial charge in [-0.3, -0.25) is 14.3 Å². The highest BCUT2D eigenvalue weighted by Crippen LogP contribution is 2.42. The fourth-order valence-corrected chi connectivity index (χ4v) is 3.55. The predicted octanol–water partition coefficient (Wildman–Crippen LogP) is 0.450. The molecule has 0 bridgehead atoms. The summed E-state index contributed by atoms with van der Waals surface area (Å²) < 4.78 is 7.08. The number of aliphatic carboxylic acids is 1. The Bertz CT molecular complexity index is 612. The third-order valence-corrected chi connectivity index (χ3v) is 4.87. The van der Waals surface area contributed by atoms with Gasteiger partial charge in [0.1, 0.15) is 6.54 Å². The molecule has 3 heterocycles. The highest BCUT2D eigenvalue weighted by Gasteiger charge is 2.54. The molecule has 120 valence electrons. The van der Waals surface area contributed by atoms with Crippen LogP contribution in [0.1, 0.15) is 17.8 Å². The van der Waals surface area contributed by atoms with Crippen LogP contribution < -0.4 is 0 Å². The molecule has 2 fully saturated rings. The number of carbonyl (C=O) groups is 2. The molecule has 1 amide bonds. The molecule has 7 nitrogen and oxygen atoms in total. The first kappa shape index (κ1) is 15.0. The second-order valence-electron chi connectivity index (χ2n) is 6.34. The van der Waals surface area contributed by atoms with E-state index in [1.54, 1.807) is 9.58 Å². The second kappa shape index (κ2) is 5.39. The van der Waals surface area contributed by atoms with Gasteiger partial charge in [0.2, 0.25) is 5.91 Å². The predicted molar refractivity (Wildman–Crippen MR) is 77.3 cm³/mol. The van der Waals surface area contributed by atoms with E-state index in [9.17, 15) is 14.7 Å². The molecule has 3 rings (SSSR count). The van der Waals surface area contributed by atoms with Crippen LogP contribution in [-0.4, -0.2) is 58.0 Å². The monoisotopic (exact) mass is 307 g/mol. The van der Waals surface area contributed by atoms with Gasteiger partial charge in [0.05, 0.1) is 17.7 Å². The van der Waals surface area contributed by atoms with Gasteiger partial charge >= 0.3 is 5.97 Å². The van der Waals surface area contributed by atoms with Crippen molar-refractivity contribution in [1.29, 1.82) is 0 Å². The van der Waals surface area contributed by atoms with Crippen LogP contribution in [0.25, 0.3) is 0 Å². The van der Waals surface area contributed by atoms with E-state index in [1.807, 2.05) is 19.9 Å². The lowest BCUT2D eigenvalue weighted by Crippen LogP contribution is -2.45. The Hall–Kier alpha value is -1.89. The average Bonchev–Trinajstić information content (AvgIpc) is 3.00. The second-order valence-corrected chi connectivity index (χ2v) is 6.34. The minimum Gasteiger partial charge on any atom is -0.481 e. The quantitative estimate of drug-likeness (QED) is 0.876. The normalized spacial score (nSPS) is 27.7. The number of amides is 1. The summed E-state index contributed by atoms with van der Waals surface area (Å²) in [6.45, 7) is 5.53. The van der Waals surface area contributed by atoms with Crippen molar-refractivity contribution in [3.63, 3.8) is 0 Å². The number of aromatic nitrogens is 2. The Morgan fingerprint density at radius 3 is 2.86 bits per heavy atom. The molecule has 0 radical (unpaired) electrons. The maximum absolute atomic E-state index is 12.5. The molecule has 0 spiro atoms. The summed E-state index contributed by atoms with van der Waals surface area (Å²) in [5.74, 6) is -1.02. The standard InChI is InChI=1S/C15H21N3O4/c1-10-5-11(2)18(16-10)7-13(19)17-6-12-8-22-4-3-15(12,9-17)14(20)21/h5,12H,3-4,6-9H2,1-2H3,(H,20,21)/t12-,15+/m0/s1. The average molecular weight is 307 g/mol. The number of aryl methyl sites for hydroxylation is 2. The summed E-state index contributed by atoms with van der Waals surface area (Å²) in [6, 6.07) is 1.92. The third kappa shape index (κ3) is 2.39. The summed E-state index contributed by atoms with van der Waals surface area (Å²) in [5.41, 5.74) is 0.956. The fraction of sp³-hybridized carbons (Fsp3) is 0.667. The highest BCUT2D eigenvalue weighted by molar-refractivity contribution is 5.81. The first-order chi connectivity index (χ1) is 10.4. The number of ether oxygens (including phenoxy) is 1. The van der Waals surface area contributed by atoms with Gasteiger partial charge in [-0.2, -0.15) is 5.10 Å². The molecule has 22 heavy (non-hydrogen) atoms. The number of nitrogens with zero attached hydrogens (tertiary/aromatic N) is 3. The number of carbonyl (C=O) groups excluding carboxylic acids is 1. The Morgan fingerprint density at radius 2 is 2.27 bits per heavy atom. The van der Waals surface area contributed by atoms with Gasteiger partial charge in [-0.25, -0.2) is 0 Å². The van der Waals surface area contributed by atoms with Gasteiger partial charge in [-0.1, -0.05) is 0 Å². The Labute approximate surface area is 128 Å². The summed E-state index contributed by atoms with van der Waals surface area (Å²) >= 11 is 0. The van der Waals surface area contributed by atoms with E-state index < -0.39 is 11.4 Å². The van der Waals surface area contributed by atoms with Crippen molar-refractivity contribution >= 4 is 11.9 Å². The van der Waals surface area contributed by atoms with Crippen LogP contribution >= 0.6 is 0 Å². The SMILES string of the molecule is Cc1cc(C)n(CC(=O)N2C[C@H]3COCC[C@@]3(C(=O)O)C2)n1. The Kier molecular flexibility index (Phi) is 3.68. The minimum atomic E-state index is -0.844. The zero-order valence-corrected chi connectivity index (χ0v) is 12.9. The van der Waals surface area contributed by atoms with Crippen LogP contribution in [0.3, 0.4) is 0 Å². The van der Waals surface area contributed by atoms with Crippen LogP contribution in [0.5, 0.6) is 0 Å². The number of hydrogen-bond donors (Lipinski definition) is 1. The first-order valence-electron chi connectivity index (χ1n) is 7.52. The van der Waals surface area contributed by atoms with E-state index in [1.165, 1.54) is 0 Å². The van der Waals surface area contributed by atoms with E-state index in [0.717, 1.165) is 11.4 Å². The van der Waals surface area contributed by atoms with Crippen LogP contribution in [-0.2, 0) is 20.9 Å². The lowest BCUT2D eigenvalue weighted by molar-refractivity contribution is -0.157. The molecule has 2 aliphatic rings. The molecule has 0 aliphatic carbocycles. The molecule has 0 saturated carbocycles. The van der Waals surface area contributed by atoms with Gasteiger partial charge < -0.3 is 14.7 Å². The number of likely N-dealkylation sites (tertiary alicyclic amines) is 1. The molecule has 7 heteroatoms. The Balaban J connectivity index is 1.75. The summed E-state index contributed by atoms with van der Waals surface area (Å²) in [7, 11) is 0. The lowest BCUT2D eigenvalue weighted by atomic mass is 9.74. The molecule has 0 aromatic carbocycles. The number of rotatable bonds is 3. The van der Waals surface area contributed by atoms with Crippen molar-refractivity contribution in [2.45, 2.75) is 26.8 Å². The van der Waals surface area contributed by atoms with E-state index in [0.29, 0.717) is 26.2 Å². The number of fused-ring (bicyclic) bond motifs is 1. The molecule has 2 atom stereocenters. The zero-order chi connectivity index (χ0) is 15.9. The van der Waals surface area contributed by atoms with Crippen molar-refractivity contribution in [3.8, 4) is 0 Å². The summed E-state index contributed by atoms with van der Waals surface area (Å²) in [6.07, 6.45) is 0.469. The smallest absolute Gasteiger partial charge is 0.311 e.